The molecule has 2 atom stereocenters. The number of amides is 2. The summed E-state index contributed by atoms with van der Waals surface area (Å²) in [6.45, 7) is 0. The van der Waals surface area contributed by atoms with Gasteiger partial charge in [-0.2, -0.15) is 0 Å². The Kier molecular flexibility index (Phi) is 7.05. The predicted octanol–water partition coefficient (Wildman–Crippen LogP) is 7.59. The summed E-state index contributed by atoms with van der Waals surface area (Å²) in [4.78, 5) is 27.3. The molecule has 1 fully saturated rings. The van der Waals surface area contributed by atoms with E-state index in [1.165, 1.54) is 48.3 Å². The van der Waals surface area contributed by atoms with Gasteiger partial charge in [-0.05, 0) is 66.2 Å². The lowest BCUT2D eigenvalue weighted by Crippen LogP contribution is -2.26. The molecule has 1 saturated carbocycles. The number of carbonyl (C=O) groups excluding carboxylic acids is 2. The van der Waals surface area contributed by atoms with Gasteiger partial charge >= 0.3 is 0 Å². The predicted molar refractivity (Wildman–Crippen MR) is 136 cm³/mol. The fraction of sp³-hybridized carbons (Fsp3) is 0.167. The van der Waals surface area contributed by atoms with E-state index in [1.807, 2.05) is 0 Å². The molecule has 1 aliphatic carbocycles. The molecular weight excluding hydrogens is 545 g/mol. The van der Waals surface area contributed by atoms with E-state index in [9.17, 15) is 14.0 Å². The molecule has 0 radical (unpaired) electrons. The maximum Gasteiger partial charge on any atom is 0.259 e. The monoisotopic (exact) mass is 558 g/mol. The average Bonchev–Trinajstić information content (AvgIpc) is 3.36. The zero-order valence-electron chi connectivity index (χ0n) is 17.5. The van der Waals surface area contributed by atoms with Gasteiger partial charge in [0.05, 0.1) is 16.5 Å². The van der Waals surface area contributed by atoms with Crippen molar-refractivity contribution < 1.29 is 14.0 Å². The first-order valence-corrected chi connectivity index (χ1v) is 11.9. The SMILES string of the molecule is CN(C(=O)c1cc(NC(=O)[C@H]2[C@H](c3cc(Cl)cc(Cl)c3)C2(Cl)Cl)ccc1Cl)c1ccc(F)cc1. The van der Waals surface area contributed by atoms with E-state index < -0.39 is 33.8 Å². The first-order chi connectivity index (χ1) is 16.0. The molecule has 0 unspecified atom stereocenters. The van der Waals surface area contributed by atoms with Gasteiger partial charge in [0.15, 0.2) is 0 Å². The lowest BCUT2D eigenvalue weighted by atomic mass is 10.1. The van der Waals surface area contributed by atoms with Gasteiger partial charge in [-0.25, -0.2) is 4.39 Å². The van der Waals surface area contributed by atoms with Crippen LogP contribution in [-0.2, 0) is 4.79 Å². The third kappa shape index (κ3) is 5.00. The minimum absolute atomic E-state index is 0.156. The van der Waals surface area contributed by atoms with Crippen LogP contribution in [0.25, 0.3) is 0 Å². The number of alkyl halides is 2. The van der Waals surface area contributed by atoms with Gasteiger partial charge in [-0.3, -0.25) is 9.59 Å². The number of nitrogens with one attached hydrogen (secondary N) is 1. The van der Waals surface area contributed by atoms with Crippen LogP contribution in [0.15, 0.2) is 60.7 Å². The van der Waals surface area contributed by atoms with Gasteiger partial charge in [0.2, 0.25) is 5.91 Å². The van der Waals surface area contributed by atoms with Crippen LogP contribution in [0, 0.1) is 11.7 Å². The Morgan fingerprint density at radius 1 is 0.941 bits per heavy atom. The Morgan fingerprint density at radius 2 is 1.56 bits per heavy atom. The van der Waals surface area contributed by atoms with Gasteiger partial charge in [0, 0.05) is 34.4 Å². The molecule has 3 aromatic rings. The Morgan fingerprint density at radius 3 is 2.18 bits per heavy atom. The third-order valence-electron chi connectivity index (χ3n) is 5.56. The Balaban J connectivity index is 1.53. The molecule has 2 amide bonds. The fourth-order valence-electron chi connectivity index (χ4n) is 3.77. The second kappa shape index (κ2) is 9.56. The third-order valence-corrected chi connectivity index (χ3v) is 7.27. The highest BCUT2D eigenvalue weighted by atomic mass is 35.5. The summed E-state index contributed by atoms with van der Waals surface area (Å²) in [5, 5.41) is 3.75. The molecule has 0 spiro atoms. The van der Waals surface area contributed by atoms with Gasteiger partial charge in [-0.1, -0.05) is 34.8 Å². The largest absolute Gasteiger partial charge is 0.326 e. The van der Waals surface area contributed by atoms with E-state index in [0.717, 1.165) is 0 Å². The van der Waals surface area contributed by atoms with Crippen molar-refractivity contribution in [2.24, 2.45) is 5.92 Å². The quantitative estimate of drug-likeness (QED) is 0.327. The molecule has 34 heavy (non-hydrogen) atoms. The lowest BCUT2D eigenvalue weighted by molar-refractivity contribution is -0.117. The molecule has 0 saturated heterocycles. The van der Waals surface area contributed by atoms with Crippen LogP contribution in [0.4, 0.5) is 15.8 Å². The summed E-state index contributed by atoms with van der Waals surface area (Å²) >= 11 is 31.2. The lowest BCUT2D eigenvalue weighted by Gasteiger charge is -2.18. The summed E-state index contributed by atoms with van der Waals surface area (Å²) in [6, 6.07) is 14.9. The van der Waals surface area contributed by atoms with Crippen molar-refractivity contribution >= 4 is 81.2 Å². The van der Waals surface area contributed by atoms with Crippen LogP contribution in [-0.4, -0.2) is 23.2 Å². The van der Waals surface area contributed by atoms with E-state index in [0.29, 0.717) is 27.0 Å². The first-order valence-electron chi connectivity index (χ1n) is 9.97. The summed E-state index contributed by atoms with van der Waals surface area (Å²) < 4.78 is 11.9. The van der Waals surface area contributed by atoms with Crippen molar-refractivity contribution in [1.82, 2.24) is 0 Å². The van der Waals surface area contributed by atoms with E-state index in [1.54, 1.807) is 24.3 Å². The van der Waals surface area contributed by atoms with Gasteiger partial charge < -0.3 is 10.2 Å². The maximum absolute atomic E-state index is 13.2. The molecular formula is C24H16Cl5FN2O2. The van der Waals surface area contributed by atoms with Crippen LogP contribution >= 0.6 is 58.0 Å². The molecule has 0 bridgehead atoms. The summed E-state index contributed by atoms with van der Waals surface area (Å²) in [5.74, 6) is -2.55. The van der Waals surface area contributed by atoms with E-state index in [4.69, 9.17) is 58.0 Å². The number of rotatable bonds is 5. The molecule has 4 rings (SSSR count). The second-order valence-electron chi connectivity index (χ2n) is 7.86. The molecule has 3 aromatic carbocycles. The smallest absolute Gasteiger partial charge is 0.259 e. The first kappa shape index (κ1) is 25.1. The van der Waals surface area contributed by atoms with Crippen molar-refractivity contribution in [2.45, 2.75) is 10.3 Å². The van der Waals surface area contributed by atoms with Gasteiger partial charge in [0.1, 0.15) is 10.2 Å². The Bertz CT molecular complexity index is 1260. The summed E-state index contributed by atoms with van der Waals surface area (Å²) in [6.07, 6.45) is 0. The normalized spacial score (nSPS) is 18.3. The van der Waals surface area contributed by atoms with Crippen molar-refractivity contribution in [3.8, 4) is 0 Å². The number of anilines is 2. The molecule has 4 nitrogen and oxygen atoms in total. The molecule has 0 aliphatic heterocycles. The van der Waals surface area contributed by atoms with Gasteiger partial charge in [-0.15, -0.1) is 23.2 Å². The topological polar surface area (TPSA) is 49.4 Å². The van der Waals surface area contributed by atoms with Crippen LogP contribution in [0.1, 0.15) is 21.8 Å². The van der Waals surface area contributed by atoms with Crippen LogP contribution < -0.4 is 10.2 Å². The highest BCUT2D eigenvalue weighted by Crippen LogP contribution is 2.65. The van der Waals surface area contributed by atoms with Crippen molar-refractivity contribution in [2.75, 3.05) is 17.3 Å². The average molecular weight is 561 g/mol. The van der Waals surface area contributed by atoms with E-state index in [-0.39, 0.29) is 10.6 Å². The Labute approximate surface area is 220 Å². The van der Waals surface area contributed by atoms with Crippen molar-refractivity contribution in [3.63, 3.8) is 0 Å². The minimum Gasteiger partial charge on any atom is -0.326 e. The zero-order chi connectivity index (χ0) is 24.8. The molecule has 176 valence electrons. The summed E-state index contributed by atoms with van der Waals surface area (Å²) in [5.41, 5.74) is 1.62. The fourth-order valence-corrected chi connectivity index (χ4v) is 5.34. The molecule has 0 heterocycles. The minimum atomic E-state index is -1.34. The highest BCUT2D eigenvalue weighted by Gasteiger charge is 2.67. The van der Waals surface area contributed by atoms with Crippen molar-refractivity contribution in [3.05, 3.63) is 92.7 Å². The van der Waals surface area contributed by atoms with Crippen LogP contribution in [0.2, 0.25) is 15.1 Å². The van der Waals surface area contributed by atoms with E-state index in [2.05, 4.69) is 5.32 Å². The number of nitrogens with zero attached hydrogens (tertiary/aromatic N) is 1. The molecule has 10 heteroatoms. The molecule has 0 aromatic heterocycles. The Hall–Kier alpha value is -2.02. The number of halogens is 6. The number of hydrogen-bond donors (Lipinski definition) is 1. The van der Waals surface area contributed by atoms with Crippen LogP contribution in [0.5, 0.6) is 0 Å². The molecule has 1 aliphatic rings. The number of benzene rings is 3. The van der Waals surface area contributed by atoms with Gasteiger partial charge in [0.25, 0.3) is 5.91 Å². The number of carbonyl (C=O) groups is 2. The van der Waals surface area contributed by atoms with E-state index >= 15 is 0 Å². The zero-order valence-corrected chi connectivity index (χ0v) is 21.2. The standard InChI is InChI=1S/C24H16Cl5FN2O2/c1-32(17-5-2-15(30)3-6-17)23(34)18-11-16(4-7-19(18)27)31-22(33)21-20(24(21,28)29)12-8-13(25)10-14(26)9-12/h2-11,20-21H,1H3,(H,31,33)/t20-,21+/m0/s1. The number of hydrogen-bond acceptors (Lipinski definition) is 2. The summed E-state index contributed by atoms with van der Waals surface area (Å²) in [7, 11) is 1.54. The van der Waals surface area contributed by atoms with Crippen molar-refractivity contribution in [1.29, 1.82) is 0 Å². The van der Waals surface area contributed by atoms with Crippen LogP contribution in [0.3, 0.4) is 0 Å². The maximum atomic E-state index is 13.2. The second-order valence-corrected chi connectivity index (χ2v) is 10.6. The molecule has 1 N–H and O–H groups in total. The highest BCUT2D eigenvalue weighted by molar-refractivity contribution is 6.53.